The predicted molar refractivity (Wildman–Crippen MR) is 138 cm³/mol. The molecule has 3 aromatic carbocycles. The number of esters is 1. The van der Waals surface area contributed by atoms with Gasteiger partial charge in [0.2, 0.25) is 15.9 Å². The van der Waals surface area contributed by atoms with Crippen LogP contribution >= 0.6 is 0 Å². The first-order valence-electron chi connectivity index (χ1n) is 11.5. The van der Waals surface area contributed by atoms with Gasteiger partial charge in [0.1, 0.15) is 12.6 Å². The summed E-state index contributed by atoms with van der Waals surface area (Å²) in [7, 11) is -3.99. The van der Waals surface area contributed by atoms with Gasteiger partial charge in [-0.3, -0.25) is 9.59 Å². The summed E-state index contributed by atoms with van der Waals surface area (Å²) in [5, 5.41) is 0. The van der Waals surface area contributed by atoms with Crippen LogP contribution in [0.3, 0.4) is 0 Å². The lowest BCUT2D eigenvalue weighted by atomic mass is 10.1. The number of benzene rings is 3. The zero-order valence-corrected chi connectivity index (χ0v) is 21.1. The number of hydrogen-bond acceptors (Lipinski definition) is 5. The molecule has 8 heteroatoms. The van der Waals surface area contributed by atoms with E-state index in [1.54, 1.807) is 59.5 Å². The fourth-order valence-electron chi connectivity index (χ4n) is 3.50. The van der Waals surface area contributed by atoms with E-state index in [9.17, 15) is 18.0 Å². The van der Waals surface area contributed by atoms with E-state index in [0.717, 1.165) is 11.1 Å². The fourth-order valence-corrected chi connectivity index (χ4v) is 4.68. The Labute approximate surface area is 212 Å². The summed E-state index contributed by atoms with van der Waals surface area (Å²) in [6, 6.07) is 23.5. The van der Waals surface area contributed by atoms with Crippen LogP contribution in [0.25, 0.3) is 0 Å². The highest BCUT2D eigenvalue weighted by atomic mass is 32.2. The number of ether oxygens (including phenoxy) is 1. The van der Waals surface area contributed by atoms with E-state index in [1.165, 1.54) is 19.1 Å². The highest BCUT2D eigenvalue weighted by Gasteiger charge is 2.30. The third-order valence-electron chi connectivity index (χ3n) is 5.39. The first-order chi connectivity index (χ1) is 17.3. The van der Waals surface area contributed by atoms with Gasteiger partial charge in [0.25, 0.3) is 0 Å². The summed E-state index contributed by atoms with van der Waals surface area (Å²) in [5.74, 6) is -0.801. The van der Waals surface area contributed by atoms with Crippen molar-refractivity contribution in [1.29, 1.82) is 0 Å². The molecule has 0 aromatic heterocycles. The second-order valence-electron chi connectivity index (χ2n) is 8.26. The number of nitrogens with zero attached hydrogens (tertiary/aromatic N) is 1. The lowest BCUT2D eigenvalue weighted by Gasteiger charge is -2.27. The van der Waals surface area contributed by atoms with E-state index in [4.69, 9.17) is 4.74 Å². The Morgan fingerprint density at radius 2 is 1.53 bits per heavy atom. The zero-order chi connectivity index (χ0) is 26.0. The Kier molecular flexibility index (Phi) is 9.55. The summed E-state index contributed by atoms with van der Waals surface area (Å²) >= 11 is 0. The SMILES string of the molecule is CC(=O)OC/C=C\CN(Cc1ccccc1)C(=O)[C@@H](NS(=O)(=O)c1ccc(C)cc1)c1ccccc1. The van der Waals surface area contributed by atoms with Crippen molar-refractivity contribution in [3.8, 4) is 0 Å². The van der Waals surface area contributed by atoms with Gasteiger partial charge in [-0.2, -0.15) is 4.72 Å². The molecule has 3 rings (SSSR count). The number of hydrogen-bond donors (Lipinski definition) is 1. The number of nitrogens with one attached hydrogen (secondary N) is 1. The van der Waals surface area contributed by atoms with E-state index < -0.39 is 27.9 Å². The van der Waals surface area contributed by atoms with Gasteiger partial charge in [0.15, 0.2) is 0 Å². The second-order valence-corrected chi connectivity index (χ2v) is 9.97. The van der Waals surface area contributed by atoms with Crippen molar-refractivity contribution in [3.05, 3.63) is 114 Å². The average molecular weight is 507 g/mol. The maximum absolute atomic E-state index is 13.9. The quantitative estimate of drug-likeness (QED) is 0.311. The van der Waals surface area contributed by atoms with Gasteiger partial charge in [0.05, 0.1) is 4.90 Å². The lowest BCUT2D eigenvalue weighted by molar-refractivity contribution is -0.139. The molecular weight excluding hydrogens is 476 g/mol. The van der Waals surface area contributed by atoms with Crippen molar-refractivity contribution in [2.24, 2.45) is 0 Å². The van der Waals surface area contributed by atoms with Crippen LogP contribution in [-0.2, 0) is 30.9 Å². The molecule has 0 saturated heterocycles. The maximum Gasteiger partial charge on any atom is 0.302 e. The fraction of sp³-hybridized carbons (Fsp3) is 0.214. The van der Waals surface area contributed by atoms with Crippen LogP contribution < -0.4 is 4.72 Å². The van der Waals surface area contributed by atoms with Crippen LogP contribution in [0.5, 0.6) is 0 Å². The van der Waals surface area contributed by atoms with Crippen molar-refractivity contribution >= 4 is 21.9 Å². The predicted octanol–water partition coefficient (Wildman–Crippen LogP) is 4.16. The molecule has 0 bridgehead atoms. The molecule has 0 aliphatic rings. The average Bonchev–Trinajstić information content (AvgIpc) is 2.87. The van der Waals surface area contributed by atoms with Crippen LogP contribution in [0.4, 0.5) is 0 Å². The summed E-state index contributed by atoms with van der Waals surface area (Å²) < 4.78 is 34.0. The van der Waals surface area contributed by atoms with Crippen LogP contribution in [0.1, 0.15) is 29.7 Å². The summed E-state index contributed by atoms with van der Waals surface area (Å²) in [4.78, 5) is 26.5. The molecule has 1 amide bonds. The molecule has 0 heterocycles. The van der Waals surface area contributed by atoms with Gasteiger partial charge in [-0.25, -0.2) is 8.42 Å². The van der Waals surface area contributed by atoms with Crippen molar-refractivity contribution in [3.63, 3.8) is 0 Å². The van der Waals surface area contributed by atoms with Crippen LogP contribution in [0.15, 0.2) is 102 Å². The Balaban J connectivity index is 1.92. The number of aryl methyl sites for hydroxylation is 1. The molecule has 1 N–H and O–H groups in total. The standard InChI is InChI=1S/C28H30N2O5S/c1-22-15-17-26(18-16-22)36(33,34)29-27(25-13-7-4-8-14-25)28(32)30(19-9-10-20-35-23(2)31)21-24-11-5-3-6-12-24/h3-18,27,29H,19-21H2,1-2H3/b10-9-/t27-/m0/s1. The minimum absolute atomic E-state index is 0.0812. The van der Waals surface area contributed by atoms with Crippen molar-refractivity contribution in [2.45, 2.75) is 31.3 Å². The van der Waals surface area contributed by atoms with Gasteiger partial charge in [0, 0.05) is 20.0 Å². The minimum atomic E-state index is -3.99. The number of amides is 1. The van der Waals surface area contributed by atoms with E-state index in [0.29, 0.717) is 5.56 Å². The lowest BCUT2D eigenvalue weighted by Crippen LogP contribution is -2.42. The number of carbonyl (C=O) groups is 2. The normalized spacial score (nSPS) is 12.3. The molecule has 0 aliphatic carbocycles. The second kappa shape index (κ2) is 12.8. The van der Waals surface area contributed by atoms with Crippen LogP contribution in [-0.4, -0.2) is 38.3 Å². The molecule has 0 aliphatic heterocycles. The molecule has 0 fully saturated rings. The molecule has 7 nitrogen and oxygen atoms in total. The Hall–Kier alpha value is -3.75. The first kappa shape index (κ1) is 26.8. The number of rotatable bonds is 11. The smallest absolute Gasteiger partial charge is 0.302 e. The van der Waals surface area contributed by atoms with Crippen molar-refractivity contribution < 1.29 is 22.7 Å². The topological polar surface area (TPSA) is 92.8 Å². The van der Waals surface area contributed by atoms with Gasteiger partial charge < -0.3 is 9.64 Å². The Morgan fingerprint density at radius 1 is 0.917 bits per heavy atom. The molecule has 188 valence electrons. The molecular formula is C28H30N2O5S. The maximum atomic E-state index is 13.9. The van der Waals surface area contributed by atoms with Gasteiger partial charge in [-0.1, -0.05) is 84.4 Å². The van der Waals surface area contributed by atoms with Crippen molar-refractivity contribution in [1.82, 2.24) is 9.62 Å². The van der Waals surface area contributed by atoms with Gasteiger partial charge >= 0.3 is 5.97 Å². The molecule has 36 heavy (non-hydrogen) atoms. The highest BCUT2D eigenvalue weighted by molar-refractivity contribution is 7.89. The Morgan fingerprint density at radius 3 is 2.14 bits per heavy atom. The molecule has 1 atom stereocenters. The van der Waals surface area contributed by atoms with E-state index in [1.807, 2.05) is 37.3 Å². The zero-order valence-electron chi connectivity index (χ0n) is 20.3. The van der Waals surface area contributed by atoms with E-state index in [-0.39, 0.29) is 24.6 Å². The van der Waals surface area contributed by atoms with Crippen LogP contribution in [0, 0.1) is 6.92 Å². The van der Waals surface area contributed by atoms with Gasteiger partial charge in [-0.05, 0) is 36.3 Å². The molecule has 0 saturated carbocycles. The van der Waals surface area contributed by atoms with E-state index in [2.05, 4.69) is 4.72 Å². The largest absolute Gasteiger partial charge is 0.462 e. The third kappa shape index (κ3) is 7.90. The summed E-state index contributed by atoms with van der Waals surface area (Å²) in [6.07, 6.45) is 3.38. The van der Waals surface area contributed by atoms with Crippen LogP contribution in [0.2, 0.25) is 0 Å². The number of carbonyl (C=O) groups excluding carboxylic acids is 2. The third-order valence-corrected chi connectivity index (χ3v) is 6.83. The molecule has 0 spiro atoms. The number of sulfonamides is 1. The monoisotopic (exact) mass is 506 g/mol. The van der Waals surface area contributed by atoms with Gasteiger partial charge in [-0.15, -0.1) is 0 Å². The first-order valence-corrected chi connectivity index (χ1v) is 13.0. The Bertz CT molecular complexity index is 1270. The summed E-state index contributed by atoms with van der Waals surface area (Å²) in [6.45, 7) is 3.75. The highest BCUT2D eigenvalue weighted by Crippen LogP contribution is 2.21. The molecule has 3 aromatic rings. The molecule has 0 unspecified atom stereocenters. The summed E-state index contributed by atoms with van der Waals surface area (Å²) in [5.41, 5.74) is 2.35. The van der Waals surface area contributed by atoms with Crippen molar-refractivity contribution in [2.75, 3.05) is 13.2 Å². The van der Waals surface area contributed by atoms with E-state index >= 15 is 0 Å². The minimum Gasteiger partial charge on any atom is -0.462 e. The molecule has 0 radical (unpaired) electrons.